The molecule has 0 radical (unpaired) electrons. The maximum Gasteiger partial charge on any atom is 0.348 e. The van der Waals surface area contributed by atoms with Gasteiger partial charge in [-0.05, 0) is 74.3 Å². The molecular formula is C27H43NO2S. The lowest BCUT2D eigenvalue weighted by Gasteiger charge is -2.39. The van der Waals surface area contributed by atoms with Gasteiger partial charge in [0.2, 0.25) is 0 Å². The van der Waals surface area contributed by atoms with Gasteiger partial charge in [0, 0.05) is 17.5 Å². The Morgan fingerprint density at radius 1 is 1.03 bits per heavy atom. The third-order valence-corrected chi connectivity index (χ3v) is 9.00. The first-order valence-corrected chi connectivity index (χ1v) is 13.2. The molecule has 1 N–H and O–H groups in total. The predicted molar refractivity (Wildman–Crippen MR) is 134 cm³/mol. The van der Waals surface area contributed by atoms with Crippen LogP contribution < -0.4 is 4.90 Å². The molecule has 0 aliphatic heterocycles. The Bertz CT molecular complexity index is 753. The Labute approximate surface area is 193 Å². The van der Waals surface area contributed by atoms with Gasteiger partial charge in [-0.15, -0.1) is 11.3 Å². The van der Waals surface area contributed by atoms with Crippen LogP contribution in [0.25, 0.3) is 5.57 Å². The molecule has 0 saturated heterocycles. The molecular weight excluding hydrogens is 402 g/mol. The third-order valence-electron chi connectivity index (χ3n) is 7.81. The second-order valence-corrected chi connectivity index (χ2v) is 11.4. The maximum atomic E-state index is 12.3. The van der Waals surface area contributed by atoms with Crippen molar-refractivity contribution in [2.75, 3.05) is 11.4 Å². The average Bonchev–Trinajstić information content (AvgIpc) is 3.20. The standard InChI is InChI=1S/C26H39NO2S.CH4/c1-18-8-12-20(13-9-18)17-27(22-6-4-3-5-7-22)23-16-24(30-25(23)26(28)29)21-14-10-19(2)11-15-21;/h14,16,18-20,22H,3-13,15,17H2,1-2H3,(H,28,29);1H4. The molecule has 1 heterocycles. The fourth-order valence-corrected chi connectivity index (χ4v) is 6.80. The molecule has 1 unspecified atom stereocenters. The molecule has 31 heavy (non-hydrogen) atoms. The number of carboxylic acids is 1. The zero-order chi connectivity index (χ0) is 21.1. The molecule has 2 saturated carbocycles. The van der Waals surface area contributed by atoms with Crippen LogP contribution in [0.15, 0.2) is 12.1 Å². The van der Waals surface area contributed by atoms with E-state index in [1.807, 2.05) is 0 Å². The van der Waals surface area contributed by atoms with Gasteiger partial charge in [-0.1, -0.05) is 59.5 Å². The molecule has 3 nitrogen and oxygen atoms in total. The van der Waals surface area contributed by atoms with Gasteiger partial charge in [0.25, 0.3) is 0 Å². The number of hydrogen-bond acceptors (Lipinski definition) is 3. The highest BCUT2D eigenvalue weighted by molar-refractivity contribution is 7.15. The number of hydrogen-bond donors (Lipinski definition) is 1. The molecule has 2 fully saturated rings. The van der Waals surface area contributed by atoms with E-state index < -0.39 is 5.97 Å². The molecule has 4 heteroatoms. The monoisotopic (exact) mass is 445 g/mol. The van der Waals surface area contributed by atoms with Gasteiger partial charge in [0.15, 0.2) is 0 Å². The molecule has 174 valence electrons. The Morgan fingerprint density at radius 3 is 2.35 bits per heavy atom. The highest BCUT2D eigenvalue weighted by atomic mass is 32.1. The van der Waals surface area contributed by atoms with E-state index in [1.165, 1.54) is 86.0 Å². The third kappa shape index (κ3) is 5.94. The van der Waals surface area contributed by atoms with Crippen LogP contribution in [0.1, 0.15) is 113 Å². The zero-order valence-electron chi connectivity index (χ0n) is 18.9. The van der Waals surface area contributed by atoms with Crippen molar-refractivity contribution in [3.05, 3.63) is 21.9 Å². The van der Waals surface area contributed by atoms with E-state index in [0.717, 1.165) is 36.9 Å². The number of rotatable bonds is 6. The summed E-state index contributed by atoms with van der Waals surface area (Å²) in [5, 5.41) is 10.1. The summed E-state index contributed by atoms with van der Waals surface area (Å²) in [5.74, 6) is 1.57. The average molecular weight is 446 g/mol. The van der Waals surface area contributed by atoms with Crippen LogP contribution in [0.5, 0.6) is 0 Å². The van der Waals surface area contributed by atoms with E-state index in [2.05, 4.69) is 30.9 Å². The van der Waals surface area contributed by atoms with Gasteiger partial charge in [0.05, 0.1) is 5.69 Å². The highest BCUT2D eigenvalue weighted by Crippen LogP contribution is 2.42. The van der Waals surface area contributed by atoms with E-state index >= 15 is 0 Å². The molecule has 4 rings (SSSR count). The molecule has 3 aliphatic rings. The fraction of sp³-hybridized carbons (Fsp3) is 0.741. The van der Waals surface area contributed by atoms with Crippen molar-refractivity contribution in [2.45, 2.75) is 104 Å². The molecule has 1 aromatic heterocycles. The van der Waals surface area contributed by atoms with E-state index in [0.29, 0.717) is 16.8 Å². The summed E-state index contributed by atoms with van der Waals surface area (Å²) in [6.45, 7) is 5.73. The zero-order valence-corrected chi connectivity index (χ0v) is 19.7. The Hall–Kier alpha value is -1.29. The van der Waals surface area contributed by atoms with Gasteiger partial charge in [-0.2, -0.15) is 0 Å². The SMILES string of the molecule is C.CC1CC=C(c2cc(N(CC3CCC(C)CC3)C3CCCCC3)c(C(=O)O)s2)CC1. The Morgan fingerprint density at radius 2 is 1.74 bits per heavy atom. The van der Waals surface area contributed by atoms with Gasteiger partial charge in [0.1, 0.15) is 4.88 Å². The number of carboxylic acid groups (broad SMARTS) is 1. The van der Waals surface area contributed by atoms with Crippen LogP contribution in [-0.4, -0.2) is 23.7 Å². The molecule has 1 atom stereocenters. The van der Waals surface area contributed by atoms with E-state index in [9.17, 15) is 9.90 Å². The van der Waals surface area contributed by atoms with E-state index in [4.69, 9.17) is 0 Å². The van der Waals surface area contributed by atoms with Gasteiger partial charge < -0.3 is 10.0 Å². The van der Waals surface area contributed by atoms with Crippen molar-refractivity contribution < 1.29 is 9.90 Å². The van der Waals surface area contributed by atoms with E-state index in [-0.39, 0.29) is 7.43 Å². The quantitative estimate of drug-likeness (QED) is 0.479. The van der Waals surface area contributed by atoms with Gasteiger partial charge in [-0.25, -0.2) is 4.79 Å². The number of anilines is 1. The Kier molecular flexibility index (Phi) is 8.66. The first kappa shape index (κ1) is 24.4. The van der Waals surface area contributed by atoms with Crippen molar-refractivity contribution in [3.8, 4) is 0 Å². The van der Waals surface area contributed by atoms with Crippen molar-refractivity contribution in [3.63, 3.8) is 0 Å². The summed E-state index contributed by atoms with van der Waals surface area (Å²) in [4.78, 5) is 16.6. The topological polar surface area (TPSA) is 40.5 Å². The number of aromatic carboxylic acids is 1. The molecule has 0 amide bonds. The highest BCUT2D eigenvalue weighted by Gasteiger charge is 2.31. The normalized spacial score (nSPS) is 27.3. The number of nitrogens with zero attached hydrogens (tertiary/aromatic N) is 1. The summed E-state index contributed by atoms with van der Waals surface area (Å²) >= 11 is 1.52. The van der Waals surface area contributed by atoms with Crippen molar-refractivity contribution in [1.82, 2.24) is 0 Å². The van der Waals surface area contributed by atoms with Crippen LogP contribution >= 0.6 is 11.3 Å². The summed E-state index contributed by atoms with van der Waals surface area (Å²) in [7, 11) is 0. The first-order chi connectivity index (χ1) is 14.5. The molecule has 0 spiro atoms. The van der Waals surface area contributed by atoms with Gasteiger partial charge in [-0.3, -0.25) is 0 Å². The van der Waals surface area contributed by atoms with Crippen LogP contribution in [0.3, 0.4) is 0 Å². The number of allylic oxidation sites excluding steroid dienone is 2. The van der Waals surface area contributed by atoms with Crippen LogP contribution in [0.2, 0.25) is 0 Å². The minimum absolute atomic E-state index is 0. The lowest BCUT2D eigenvalue weighted by atomic mass is 9.82. The predicted octanol–water partition coefficient (Wildman–Crippen LogP) is 8.25. The first-order valence-electron chi connectivity index (χ1n) is 12.3. The lowest BCUT2D eigenvalue weighted by Crippen LogP contribution is -2.41. The Balaban J connectivity index is 0.00000272. The summed E-state index contributed by atoms with van der Waals surface area (Å²) in [6, 6.07) is 2.76. The molecule has 3 aliphatic carbocycles. The van der Waals surface area contributed by atoms with Crippen LogP contribution in [0, 0.1) is 17.8 Å². The second kappa shape index (κ2) is 11.0. The maximum absolute atomic E-state index is 12.3. The summed E-state index contributed by atoms with van der Waals surface area (Å²) in [6.07, 6.45) is 17.4. The number of thiophene rings is 1. The van der Waals surface area contributed by atoms with Crippen LogP contribution in [-0.2, 0) is 0 Å². The molecule has 0 aromatic carbocycles. The molecule has 1 aromatic rings. The van der Waals surface area contributed by atoms with Crippen LogP contribution in [0.4, 0.5) is 5.69 Å². The summed E-state index contributed by atoms with van der Waals surface area (Å²) < 4.78 is 0. The fourth-order valence-electron chi connectivity index (χ4n) is 5.72. The van der Waals surface area contributed by atoms with Crippen molar-refractivity contribution in [1.29, 1.82) is 0 Å². The largest absolute Gasteiger partial charge is 0.477 e. The van der Waals surface area contributed by atoms with Gasteiger partial charge >= 0.3 is 5.97 Å². The number of carbonyl (C=O) groups is 1. The van der Waals surface area contributed by atoms with Crippen molar-refractivity contribution >= 4 is 28.6 Å². The minimum Gasteiger partial charge on any atom is -0.477 e. The lowest BCUT2D eigenvalue weighted by molar-refractivity contribution is 0.0702. The second-order valence-electron chi connectivity index (χ2n) is 10.3. The minimum atomic E-state index is -0.746. The smallest absolute Gasteiger partial charge is 0.348 e. The van der Waals surface area contributed by atoms with Crippen molar-refractivity contribution in [2.24, 2.45) is 17.8 Å². The summed E-state index contributed by atoms with van der Waals surface area (Å²) in [5.41, 5.74) is 2.40. The van der Waals surface area contributed by atoms with E-state index in [1.54, 1.807) is 0 Å². The molecule has 0 bridgehead atoms.